The zero-order valence-electron chi connectivity index (χ0n) is 12.1. The van der Waals surface area contributed by atoms with Gasteiger partial charge in [0.25, 0.3) is 0 Å². The van der Waals surface area contributed by atoms with Crippen LogP contribution in [-0.2, 0) is 13.0 Å². The van der Waals surface area contributed by atoms with Gasteiger partial charge in [-0.25, -0.2) is 4.98 Å². The van der Waals surface area contributed by atoms with Gasteiger partial charge in [-0.2, -0.15) is 0 Å². The molecule has 0 aliphatic rings. The molecule has 2 aromatic rings. The van der Waals surface area contributed by atoms with Crippen molar-refractivity contribution in [3.8, 4) is 11.5 Å². The molecule has 1 heterocycles. The van der Waals surface area contributed by atoms with Crippen molar-refractivity contribution in [2.45, 2.75) is 26.9 Å². The largest absolute Gasteiger partial charge is 0.493 e. The van der Waals surface area contributed by atoms with Crippen LogP contribution in [0.15, 0.2) is 18.2 Å². The lowest BCUT2D eigenvalue weighted by Crippen LogP contribution is -2.06. The van der Waals surface area contributed by atoms with Crippen LogP contribution >= 0.6 is 11.3 Å². The number of hydrogen-bond donors (Lipinski definition) is 1. The first-order valence-electron chi connectivity index (χ1n) is 6.57. The first-order valence-corrected chi connectivity index (χ1v) is 7.39. The number of aryl methyl sites for hydroxylation is 2. The number of ether oxygens (including phenoxy) is 2. The van der Waals surface area contributed by atoms with Crippen LogP contribution in [-0.4, -0.2) is 18.6 Å². The Morgan fingerprint density at radius 2 is 2.10 bits per heavy atom. The van der Waals surface area contributed by atoms with Gasteiger partial charge in [-0.3, -0.25) is 0 Å². The molecule has 1 aromatic carbocycles. The third-order valence-electron chi connectivity index (χ3n) is 3.11. The highest BCUT2D eigenvalue weighted by Crippen LogP contribution is 2.32. The fraction of sp³-hybridized carbons (Fsp3) is 0.400. The summed E-state index contributed by atoms with van der Waals surface area (Å²) >= 11 is 1.66. The topological polar surface area (TPSA) is 57.4 Å². The predicted molar refractivity (Wildman–Crippen MR) is 81.7 cm³/mol. The van der Waals surface area contributed by atoms with E-state index in [1.807, 2.05) is 25.1 Å². The van der Waals surface area contributed by atoms with Gasteiger partial charge in [-0.15, -0.1) is 11.3 Å². The smallest absolute Gasteiger partial charge is 0.165 e. The molecule has 0 aliphatic carbocycles. The van der Waals surface area contributed by atoms with E-state index in [2.05, 4.69) is 11.9 Å². The first-order chi connectivity index (χ1) is 9.65. The minimum absolute atomic E-state index is 0.456. The van der Waals surface area contributed by atoms with E-state index in [1.54, 1.807) is 18.4 Å². The number of thiazole rings is 1. The van der Waals surface area contributed by atoms with Crippen molar-refractivity contribution in [3.05, 3.63) is 39.3 Å². The highest BCUT2D eigenvalue weighted by Gasteiger charge is 2.12. The van der Waals surface area contributed by atoms with Crippen LogP contribution in [0, 0.1) is 13.8 Å². The summed E-state index contributed by atoms with van der Waals surface area (Å²) in [7, 11) is 1.64. The molecule has 0 aliphatic heterocycles. The molecule has 2 rings (SSSR count). The van der Waals surface area contributed by atoms with Crippen LogP contribution in [0.2, 0.25) is 0 Å². The highest BCUT2D eigenvalue weighted by molar-refractivity contribution is 7.11. The van der Waals surface area contributed by atoms with Crippen LogP contribution in [0.5, 0.6) is 11.5 Å². The zero-order chi connectivity index (χ0) is 14.5. The van der Waals surface area contributed by atoms with E-state index in [9.17, 15) is 0 Å². The van der Waals surface area contributed by atoms with Gasteiger partial charge in [0.1, 0.15) is 11.6 Å². The molecule has 0 unspecified atom stereocenters. The highest BCUT2D eigenvalue weighted by atomic mass is 32.1. The van der Waals surface area contributed by atoms with Crippen molar-refractivity contribution in [3.63, 3.8) is 0 Å². The van der Waals surface area contributed by atoms with Gasteiger partial charge in [-0.1, -0.05) is 12.1 Å². The number of nitrogens with zero attached hydrogens (tertiary/aromatic N) is 1. The third kappa shape index (κ3) is 3.29. The monoisotopic (exact) mass is 292 g/mol. The second-order valence-corrected chi connectivity index (χ2v) is 5.81. The molecule has 0 saturated carbocycles. The summed E-state index contributed by atoms with van der Waals surface area (Å²) in [5, 5.41) is 0.976. The lowest BCUT2D eigenvalue weighted by molar-refractivity contribution is 0.281. The SMILES string of the molecule is COc1cccc(CCN)c1OCc1nc(C)c(C)s1. The molecule has 0 atom stereocenters. The summed E-state index contributed by atoms with van der Waals surface area (Å²) in [4.78, 5) is 5.71. The molecule has 0 spiro atoms. The maximum Gasteiger partial charge on any atom is 0.165 e. The molecule has 0 amide bonds. The second kappa shape index (κ2) is 6.72. The van der Waals surface area contributed by atoms with Crippen molar-refractivity contribution >= 4 is 11.3 Å². The van der Waals surface area contributed by atoms with Crippen molar-refractivity contribution in [1.82, 2.24) is 4.98 Å². The summed E-state index contributed by atoms with van der Waals surface area (Å²) in [5.41, 5.74) is 7.78. The maximum absolute atomic E-state index is 5.93. The molecule has 0 fully saturated rings. The van der Waals surface area contributed by atoms with Gasteiger partial charge in [0, 0.05) is 4.88 Å². The van der Waals surface area contributed by atoms with E-state index < -0.39 is 0 Å². The van der Waals surface area contributed by atoms with Gasteiger partial charge < -0.3 is 15.2 Å². The summed E-state index contributed by atoms with van der Waals surface area (Å²) in [6, 6.07) is 5.87. The Morgan fingerprint density at radius 1 is 1.30 bits per heavy atom. The Kier molecular flexibility index (Phi) is 4.98. The molecule has 2 N–H and O–H groups in total. The minimum atomic E-state index is 0.456. The number of rotatable bonds is 6. The number of benzene rings is 1. The molecule has 0 saturated heterocycles. The average molecular weight is 292 g/mol. The van der Waals surface area contributed by atoms with E-state index in [0.29, 0.717) is 13.2 Å². The fourth-order valence-corrected chi connectivity index (χ4v) is 2.82. The maximum atomic E-state index is 5.93. The molecule has 20 heavy (non-hydrogen) atoms. The third-order valence-corrected chi connectivity index (χ3v) is 4.15. The second-order valence-electron chi connectivity index (χ2n) is 4.53. The number of nitrogens with two attached hydrogens (primary N) is 1. The molecule has 1 aromatic heterocycles. The Labute approximate surface area is 123 Å². The van der Waals surface area contributed by atoms with E-state index in [1.165, 1.54) is 4.88 Å². The standard InChI is InChI=1S/C15H20N2O2S/c1-10-11(2)20-14(17-10)9-19-15-12(7-8-16)5-4-6-13(15)18-3/h4-6H,7-9,16H2,1-3H3. The van der Waals surface area contributed by atoms with E-state index in [-0.39, 0.29) is 0 Å². The Morgan fingerprint density at radius 3 is 2.70 bits per heavy atom. The van der Waals surface area contributed by atoms with E-state index in [4.69, 9.17) is 15.2 Å². The summed E-state index contributed by atoms with van der Waals surface area (Å²) < 4.78 is 11.3. The van der Waals surface area contributed by atoms with Crippen LogP contribution in [0.1, 0.15) is 21.1 Å². The molecule has 4 nitrogen and oxygen atoms in total. The number of hydrogen-bond acceptors (Lipinski definition) is 5. The van der Waals surface area contributed by atoms with Gasteiger partial charge in [0.15, 0.2) is 11.5 Å². The van der Waals surface area contributed by atoms with Crippen LogP contribution < -0.4 is 15.2 Å². The Bertz CT molecular complexity index is 562. The van der Waals surface area contributed by atoms with Gasteiger partial charge in [0.05, 0.1) is 12.8 Å². The molecular weight excluding hydrogens is 272 g/mol. The fourth-order valence-electron chi connectivity index (χ4n) is 1.97. The van der Waals surface area contributed by atoms with Crippen molar-refractivity contribution in [2.24, 2.45) is 5.73 Å². The Hall–Kier alpha value is -1.59. The number of para-hydroxylation sites is 1. The zero-order valence-corrected chi connectivity index (χ0v) is 12.9. The molecule has 108 valence electrons. The van der Waals surface area contributed by atoms with E-state index in [0.717, 1.165) is 34.2 Å². The summed E-state index contributed by atoms with van der Waals surface area (Å²) in [6.07, 6.45) is 0.766. The normalized spacial score (nSPS) is 10.6. The van der Waals surface area contributed by atoms with Crippen molar-refractivity contribution in [2.75, 3.05) is 13.7 Å². The minimum Gasteiger partial charge on any atom is -0.493 e. The molecule has 0 bridgehead atoms. The summed E-state index contributed by atoms with van der Waals surface area (Å²) in [5.74, 6) is 1.51. The summed E-state index contributed by atoms with van der Waals surface area (Å²) in [6.45, 7) is 5.12. The van der Waals surface area contributed by atoms with Crippen LogP contribution in [0.25, 0.3) is 0 Å². The average Bonchev–Trinajstić information content (AvgIpc) is 2.76. The van der Waals surface area contributed by atoms with Gasteiger partial charge >= 0.3 is 0 Å². The van der Waals surface area contributed by atoms with Crippen molar-refractivity contribution < 1.29 is 9.47 Å². The van der Waals surface area contributed by atoms with Gasteiger partial charge in [-0.05, 0) is 38.4 Å². The van der Waals surface area contributed by atoms with Crippen LogP contribution in [0.3, 0.4) is 0 Å². The Balaban J connectivity index is 2.18. The molecule has 5 heteroatoms. The van der Waals surface area contributed by atoms with Crippen LogP contribution in [0.4, 0.5) is 0 Å². The quantitative estimate of drug-likeness (QED) is 0.889. The van der Waals surface area contributed by atoms with E-state index >= 15 is 0 Å². The number of methoxy groups -OCH3 is 1. The molecular formula is C15H20N2O2S. The predicted octanol–water partition coefficient (Wildman–Crippen LogP) is 2.85. The first kappa shape index (κ1) is 14.8. The lowest BCUT2D eigenvalue weighted by atomic mass is 10.1. The number of aromatic nitrogens is 1. The van der Waals surface area contributed by atoms with Gasteiger partial charge in [0.2, 0.25) is 0 Å². The lowest BCUT2D eigenvalue weighted by Gasteiger charge is -2.13. The van der Waals surface area contributed by atoms with Crippen molar-refractivity contribution in [1.29, 1.82) is 0 Å². The molecule has 0 radical (unpaired) electrons.